The van der Waals surface area contributed by atoms with Gasteiger partial charge in [0, 0.05) is 5.56 Å². The van der Waals surface area contributed by atoms with Crippen LogP contribution in [0.25, 0.3) is 22.2 Å². The van der Waals surface area contributed by atoms with E-state index in [0.29, 0.717) is 5.75 Å². The molecule has 32 heavy (non-hydrogen) atoms. The van der Waals surface area contributed by atoms with Gasteiger partial charge in [-0.05, 0) is 56.4 Å². The van der Waals surface area contributed by atoms with Crippen LogP contribution in [0.4, 0.5) is 4.79 Å². The zero-order valence-corrected chi connectivity index (χ0v) is 19.5. The van der Waals surface area contributed by atoms with Crippen LogP contribution in [0.3, 0.4) is 0 Å². The highest BCUT2D eigenvalue weighted by Gasteiger charge is 2.19. The second kappa shape index (κ2) is 9.09. The minimum Gasteiger partial charge on any atom is -0.428 e. The lowest BCUT2D eigenvalue weighted by Crippen LogP contribution is -2.26. The van der Waals surface area contributed by atoms with Crippen molar-refractivity contribution in [1.82, 2.24) is 9.55 Å². The van der Waals surface area contributed by atoms with Gasteiger partial charge in [-0.15, -0.1) is 0 Å². The zero-order valence-electron chi connectivity index (χ0n) is 18.7. The molecule has 0 spiro atoms. The fraction of sp³-hybridized carbons (Fsp3) is 0.231. The maximum Gasteiger partial charge on any atom is 0.514 e. The van der Waals surface area contributed by atoms with E-state index in [4.69, 9.17) is 14.5 Å². The molecule has 3 aromatic carbocycles. The van der Waals surface area contributed by atoms with E-state index < -0.39 is 11.8 Å². The van der Waals surface area contributed by atoms with Gasteiger partial charge in [0.15, 0.2) is 5.16 Å². The molecule has 0 saturated carbocycles. The summed E-state index contributed by atoms with van der Waals surface area (Å²) >= 11 is 1.64. The third-order valence-corrected chi connectivity index (χ3v) is 5.55. The number of carbonyl (C=O) groups excluding carboxylic acids is 1. The first kappa shape index (κ1) is 22.0. The first-order valence-electron chi connectivity index (χ1n) is 10.4. The van der Waals surface area contributed by atoms with Gasteiger partial charge in [-0.2, -0.15) is 0 Å². The van der Waals surface area contributed by atoms with Crippen LogP contribution in [0.2, 0.25) is 0 Å². The van der Waals surface area contributed by atoms with Gasteiger partial charge in [-0.25, -0.2) is 9.78 Å². The van der Waals surface area contributed by atoms with Crippen molar-refractivity contribution in [3.63, 3.8) is 0 Å². The van der Waals surface area contributed by atoms with E-state index in [9.17, 15) is 4.79 Å². The molecular formula is C26H26N2O3S. The molecule has 5 nitrogen and oxygen atoms in total. The molecule has 0 amide bonds. The lowest BCUT2D eigenvalue weighted by Gasteiger charge is -2.19. The maximum atomic E-state index is 12.2. The van der Waals surface area contributed by atoms with Gasteiger partial charge in [0.2, 0.25) is 0 Å². The second-order valence-corrected chi connectivity index (χ2v) is 9.21. The van der Waals surface area contributed by atoms with E-state index >= 15 is 0 Å². The number of imidazole rings is 1. The Balaban J connectivity index is 1.57. The van der Waals surface area contributed by atoms with E-state index in [1.54, 1.807) is 17.8 Å². The van der Waals surface area contributed by atoms with E-state index in [0.717, 1.165) is 39.4 Å². The molecule has 1 heterocycles. The highest BCUT2D eigenvalue weighted by molar-refractivity contribution is 7.98. The van der Waals surface area contributed by atoms with Gasteiger partial charge in [0.05, 0.1) is 17.6 Å². The number of fused-ring (bicyclic) bond motifs is 1. The number of nitrogens with zero attached hydrogens (tertiary/aromatic N) is 2. The molecule has 0 aliphatic heterocycles. The minimum atomic E-state index is -0.710. The van der Waals surface area contributed by atoms with Crippen molar-refractivity contribution in [2.45, 2.75) is 38.1 Å². The Kier molecular flexibility index (Phi) is 6.24. The molecule has 4 aromatic rings. The van der Waals surface area contributed by atoms with Crippen LogP contribution >= 0.6 is 11.8 Å². The van der Waals surface area contributed by atoms with Gasteiger partial charge in [0.25, 0.3) is 0 Å². The third kappa shape index (κ3) is 4.97. The third-order valence-electron chi connectivity index (χ3n) is 4.88. The summed E-state index contributed by atoms with van der Waals surface area (Å²) in [6, 6.07) is 23.9. The number of hydrogen-bond donors (Lipinski definition) is 0. The summed E-state index contributed by atoms with van der Waals surface area (Å²) in [5.74, 6) is 0.472. The van der Waals surface area contributed by atoms with E-state index in [1.807, 2.05) is 75.6 Å². The van der Waals surface area contributed by atoms with Crippen molar-refractivity contribution in [3.8, 4) is 16.9 Å². The molecule has 0 aliphatic carbocycles. The molecule has 0 bridgehead atoms. The van der Waals surface area contributed by atoms with Crippen molar-refractivity contribution >= 4 is 29.0 Å². The van der Waals surface area contributed by atoms with Gasteiger partial charge in [-0.3, -0.25) is 0 Å². The van der Waals surface area contributed by atoms with Crippen LogP contribution in [0.1, 0.15) is 26.3 Å². The van der Waals surface area contributed by atoms with Crippen LogP contribution in [0.5, 0.6) is 5.75 Å². The predicted molar refractivity (Wildman–Crippen MR) is 129 cm³/mol. The summed E-state index contributed by atoms with van der Waals surface area (Å²) < 4.78 is 13.0. The highest BCUT2D eigenvalue weighted by atomic mass is 32.2. The van der Waals surface area contributed by atoms with Gasteiger partial charge >= 0.3 is 6.16 Å². The van der Waals surface area contributed by atoms with Gasteiger partial charge < -0.3 is 14.0 Å². The maximum absolute atomic E-state index is 12.2. The quantitative estimate of drug-likeness (QED) is 0.192. The summed E-state index contributed by atoms with van der Waals surface area (Å²) in [7, 11) is 0. The Morgan fingerprint density at radius 3 is 2.38 bits per heavy atom. The fourth-order valence-corrected chi connectivity index (χ4v) is 4.06. The Bertz CT molecular complexity index is 1240. The lowest BCUT2D eigenvalue weighted by molar-refractivity contribution is 0.0207. The summed E-state index contributed by atoms with van der Waals surface area (Å²) in [5, 5.41) is 0.992. The van der Waals surface area contributed by atoms with Crippen molar-refractivity contribution in [1.29, 1.82) is 0 Å². The van der Waals surface area contributed by atoms with Crippen LogP contribution in [-0.2, 0) is 11.3 Å². The number of ether oxygens (including phenoxy) is 2. The second-order valence-electron chi connectivity index (χ2n) is 8.43. The Morgan fingerprint density at radius 2 is 1.66 bits per heavy atom. The number of thioether (sulfide) groups is 1. The zero-order chi connectivity index (χ0) is 22.7. The standard InChI is InChI=1S/C26H26N2O3S/c1-26(2,3)31-25(29)30-23-12-8-5-9-20(23)19-15-13-18(14-16-19)17-28-22-11-7-6-10-21(22)27-24(28)32-4/h5-16H,17H2,1-4H3. The van der Waals surface area contributed by atoms with Crippen LogP contribution in [0, 0.1) is 0 Å². The Hall–Kier alpha value is -3.25. The average Bonchev–Trinajstić information content (AvgIpc) is 3.11. The molecule has 0 atom stereocenters. The number of para-hydroxylation sites is 3. The summed E-state index contributed by atoms with van der Waals surface area (Å²) in [6.45, 7) is 6.16. The fourth-order valence-electron chi connectivity index (χ4n) is 3.49. The average molecular weight is 447 g/mol. The van der Waals surface area contributed by atoms with E-state index in [-0.39, 0.29) is 0 Å². The predicted octanol–water partition coefficient (Wildman–Crippen LogP) is 6.79. The van der Waals surface area contributed by atoms with Gasteiger partial charge in [0.1, 0.15) is 11.4 Å². The molecular weight excluding hydrogens is 420 g/mol. The van der Waals surface area contributed by atoms with Crippen molar-refractivity contribution < 1.29 is 14.3 Å². The number of carbonyl (C=O) groups is 1. The smallest absolute Gasteiger partial charge is 0.428 e. The van der Waals surface area contributed by atoms with E-state index in [2.05, 4.69) is 22.8 Å². The molecule has 0 radical (unpaired) electrons. The summed E-state index contributed by atoms with van der Waals surface area (Å²) in [4.78, 5) is 16.9. The summed E-state index contributed by atoms with van der Waals surface area (Å²) in [6.07, 6.45) is 1.33. The van der Waals surface area contributed by atoms with Crippen LogP contribution in [-0.4, -0.2) is 27.6 Å². The molecule has 164 valence electrons. The number of hydrogen-bond acceptors (Lipinski definition) is 5. The van der Waals surface area contributed by atoms with Gasteiger partial charge in [-0.1, -0.05) is 66.4 Å². The van der Waals surface area contributed by atoms with Crippen molar-refractivity contribution in [2.75, 3.05) is 6.26 Å². The minimum absolute atomic E-state index is 0.472. The largest absolute Gasteiger partial charge is 0.514 e. The Morgan fingerprint density at radius 1 is 0.969 bits per heavy atom. The highest BCUT2D eigenvalue weighted by Crippen LogP contribution is 2.31. The van der Waals surface area contributed by atoms with Crippen LogP contribution in [0.15, 0.2) is 78.0 Å². The molecule has 0 N–H and O–H groups in total. The molecule has 1 aromatic heterocycles. The molecule has 4 rings (SSSR count). The number of rotatable bonds is 5. The molecule has 0 fully saturated rings. The Labute approximate surface area is 192 Å². The van der Waals surface area contributed by atoms with Crippen molar-refractivity contribution in [2.24, 2.45) is 0 Å². The normalized spacial score (nSPS) is 11.5. The monoisotopic (exact) mass is 446 g/mol. The molecule has 0 aliphatic rings. The molecule has 0 saturated heterocycles. The van der Waals surface area contributed by atoms with E-state index in [1.165, 1.54) is 0 Å². The topological polar surface area (TPSA) is 53.4 Å². The molecule has 0 unspecified atom stereocenters. The number of aromatic nitrogens is 2. The number of benzene rings is 3. The summed E-state index contributed by atoms with van der Waals surface area (Å²) in [5.41, 5.74) is 4.48. The van der Waals surface area contributed by atoms with Crippen molar-refractivity contribution in [3.05, 3.63) is 78.4 Å². The first-order valence-corrected chi connectivity index (χ1v) is 11.6. The lowest BCUT2D eigenvalue weighted by atomic mass is 10.0. The molecule has 6 heteroatoms. The first-order chi connectivity index (χ1) is 15.3. The SMILES string of the molecule is CSc1nc2ccccc2n1Cc1ccc(-c2ccccc2OC(=O)OC(C)(C)C)cc1. The van der Waals surface area contributed by atoms with Crippen LogP contribution < -0.4 is 4.74 Å².